The Labute approximate surface area is 105 Å². The second kappa shape index (κ2) is 4.38. The summed E-state index contributed by atoms with van der Waals surface area (Å²) in [5, 5.41) is 13.4. The van der Waals surface area contributed by atoms with Crippen LogP contribution in [0.1, 0.15) is 34.9 Å². The maximum Gasteiger partial charge on any atom is 0.336 e. The Kier molecular flexibility index (Phi) is 2.72. The van der Waals surface area contributed by atoms with Crippen molar-refractivity contribution in [2.24, 2.45) is 0 Å². The summed E-state index contributed by atoms with van der Waals surface area (Å²) in [6.45, 7) is 0.974. The van der Waals surface area contributed by atoms with E-state index in [1.165, 1.54) is 0 Å². The van der Waals surface area contributed by atoms with E-state index in [9.17, 15) is 9.90 Å². The molecule has 2 N–H and O–H groups in total. The van der Waals surface area contributed by atoms with Crippen LogP contribution >= 0.6 is 0 Å². The molecule has 1 saturated heterocycles. The molecule has 0 bridgehead atoms. The number of para-hydroxylation sites is 1. The Balaban J connectivity index is 2.19. The van der Waals surface area contributed by atoms with Crippen molar-refractivity contribution in [3.8, 4) is 0 Å². The van der Waals surface area contributed by atoms with Gasteiger partial charge in [0.05, 0.1) is 16.8 Å². The van der Waals surface area contributed by atoms with Crippen LogP contribution in [-0.2, 0) is 0 Å². The number of aromatic carboxylic acids is 1. The van der Waals surface area contributed by atoms with Crippen LogP contribution in [0.5, 0.6) is 0 Å². The van der Waals surface area contributed by atoms with Crippen LogP contribution in [-0.4, -0.2) is 22.6 Å². The summed E-state index contributed by atoms with van der Waals surface area (Å²) in [6.07, 6.45) is 2.13. The first kappa shape index (κ1) is 11.2. The van der Waals surface area contributed by atoms with E-state index in [2.05, 4.69) is 10.3 Å². The number of aromatic nitrogens is 1. The molecule has 1 aromatic heterocycles. The summed E-state index contributed by atoms with van der Waals surface area (Å²) in [6, 6.07) is 9.27. The van der Waals surface area contributed by atoms with Gasteiger partial charge in [-0.2, -0.15) is 0 Å². The zero-order valence-corrected chi connectivity index (χ0v) is 9.89. The number of carboxylic acids is 1. The number of benzene rings is 1. The zero-order chi connectivity index (χ0) is 12.5. The lowest BCUT2D eigenvalue weighted by Crippen LogP contribution is -2.15. The summed E-state index contributed by atoms with van der Waals surface area (Å²) in [5.74, 6) is -0.896. The summed E-state index contributed by atoms with van der Waals surface area (Å²) in [7, 11) is 0. The number of hydrogen-bond donors (Lipinski definition) is 2. The number of hydrogen-bond acceptors (Lipinski definition) is 3. The average molecular weight is 242 g/mol. The molecule has 1 fully saturated rings. The van der Waals surface area contributed by atoms with Crippen LogP contribution in [0.15, 0.2) is 30.3 Å². The first-order valence-electron chi connectivity index (χ1n) is 6.12. The molecule has 1 unspecified atom stereocenters. The standard InChI is InChI=1S/C14H14N2O2/c17-14(18)10-8-13(12-6-3-7-15-12)16-11-5-2-1-4-9(10)11/h1-2,4-5,8,12,15H,3,6-7H2,(H,17,18). The first-order chi connectivity index (χ1) is 8.75. The van der Waals surface area contributed by atoms with E-state index >= 15 is 0 Å². The highest BCUT2D eigenvalue weighted by atomic mass is 16.4. The van der Waals surface area contributed by atoms with Crippen molar-refractivity contribution < 1.29 is 9.90 Å². The number of fused-ring (bicyclic) bond motifs is 1. The van der Waals surface area contributed by atoms with Gasteiger partial charge in [0.2, 0.25) is 0 Å². The van der Waals surface area contributed by atoms with E-state index in [1.807, 2.05) is 18.2 Å². The molecular formula is C14H14N2O2. The van der Waals surface area contributed by atoms with E-state index in [0.29, 0.717) is 10.9 Å². The van der Waals surface area contributed by atoms with Crippen molar-refractivity contribution in [2.75, 3.05) is 6.54 Å². The predicted molar refractivity (Wildman–Crippen MR) is 68.7 cm³/mol. The number of carboxylic acid groups (broad SMARTS) is 1. The van der Waals surface area contributed by atoms with E-state index in [4.69, 9.17) is 0 Å². The third-order valence-electron chi connectivity index (χ3n) is 3.38. The second-order valence-corrected chi connectivity index (χ2v) is 4.57. The zero-order valence-electron chi connectivity index (χ0n) is 9.89. The predicted octanol–water partition coefficient (Wildman–Crippen LogP) is 2.36. The molecule has 0 spiro atoms. The van der Waals surface area contributed by atoms with Crippen LogP contribution in [0, 0.1) is 0 Å². The molecule has 0 amide bonds. The highest BCUT2D eigenvalue weighted by molar-refractivity contribution is 6.02. The van der Waals surface area contributed by atoms with Crippen molar-refractivity contribution in [1.82, 2.24) is 10.3 Å². The molecule has 3 rings (SSSR count). The van der Waals surface area contributed by atoms with Crippen LogP contribution in [0.25, 0.3) is 10.9 Å². The van der Waals surface area contributed by atoms with Gasteiger partial charge < -0.3 is 10.4 Å². The fraction of sp³-hybridized carbons (Fsp3) is 0.286. The lowest BCUT2D eigenvalue weighted by molar-refractivity contribution is 0.0699. The van der Waals surface area contributed by atoms with Crippen molar-refractivity contribution in [3.05, 3.63) is 41.6 Å². The third kappa shape index (κ3) is 1.84. The van der Waals surface area contributed by atoms with Gasteiger partial charge in [0.1, 0.15) is 0 Å². The molecule has 1 aliphatic heterocycles. The number of carbonyl (C=O) groups is 1. The minimum absolute atomic E-state index is 0.188. The Morgan fingerprint density at radius 1 is 1.39 bits per heavy atom. The SMILES string of the molecule is O=C(O)c1cc(C2CCCN2)nc2ccccc12. The molecule has 92 valence electrons. The number of rotatable bonds is 2. The number of nitrogens with zero attached hydrogens (tertiary/aromatic N) is 1. The van der Waals surface area contributed by atoms with Crippen molar-refractivity contribution >= 4 is 16.9 Å². The number of pyridine rings is 1. The van der Waals surface area contributed by atoms with Gasteiger partial charge >= 0.3 is 5.97 Å². The molecular weight excluding hydrogens is 228 g/mol. The summed E-state index contributed by atoms with van der Waals surface area (Å²) in [4.78, 5) is 15.9. The van der Waals surface area contributed by atoms with Crippen molar-refractivity contribution in [2.45, 2.75) is 18.9 Å². The largest absolute Gasteiger partial charge is 0.478 e. The van der Waals surface area contributed by atoms with Crippen molar-refractivity contribution in [3.63, 3.8) is 0 Å². The van der Waals surface area contributed by atoms with Gasteiger partial charge in [0.15, 0.2) is 0 Å². The lowest BCUT2D eigenvalue weighted by Gasteiger charge is -2.12. The van der Waals surface area contributed by atoms with Gasteiger partial charge in [0, 0.05) is 11.4 Å². The third-order valence-corrected chi connectivity index (χ3v) is 3.38. The average Bonchev–Trinajstić information content (AvgIpc) is 2.91. The normalized spacial score (nSPS) is 19.2. The second-order valence-electron chi connectivity index (χ2n) is 4.57. The fourth-order valence-electron chi connectivity index (χ4n) is 2.49. The minimum atomic E-state index is -0.896. The van der Waals surface area contributed by atoms with Gasteiger partial charge in [-0.1, -0.05) is 18.2 Å². The fourth-order valence-corrected chi connectivity index (χ4v) is 2.49. The monoisotopic (exact) mass is 242 g/mol. The van der Waals surface area contributed by atoms with Gasteiger partial charge in [-0.3, -0.25) is 4.98 Å². The summed E-state index contributed by atoms with van der Waals surface area (Å²) < 4.78 is 0. The van der Waals surface area contributed by atoms with Crippen LogP contribution in [0.3, 0.4) is 0 Å². The molecule has 1 atom stereocenters. The van der Waals surface area contributed by atoms with Crippen molar-refractivity contribution in [1.29, 1.82) is 0 Å². The van der Waals surface area contributed by atoms with E-state index < -0.39 is 5.97 Å². The number of nitrogens with one attached hydrogen (secondary N) is 1. The van der Waals surface area contributed by atoms with Crippen LogP contribution < -0.4 is 5.32 Å². The molecule has 0 saturated carbocycles. The smallest absolute Gasteiger partial charge is 0.336 e. The maximum absolute atomic E-state index is 11.3. The van der Waals surface area contributed by atoms with Crippen LogP contribution in [0.2, 0.25) is 0 Å². The molecule has 0 aliphatic carbocycles. The summed E-state index contributed by atoms with van der Waals surface area (Å²) in [5.41, 5.74) is 1.93. The van der Waals surface area contributed by atoms with E-state index in [0.717, 1.165) is 30.6 Å². The van der Waals surface area contributed by atoms with Gasteiger partial charge in [-0.25, -0.2) is 4.79 Å². The highest BCUT2D eigenvalue weighted by Gasteiger charge is 2.20. The van der Waals surface area contributed by atoms with Crippen LogP contribution in [0.4, 0.5) is 0 Å². The molecule has 2 aromatic rings. The van der Waals surface area contributed by atoms with Gasteiger partial charge in [0.25, 0.3) is 0 Å². The quantitative estimate of drug-likeness (QED) is 0.848. The Morgan fingerprint density at radius 2 is 2.22 bits per heavy atom. The first-order valence-corrected chi connectivity index (χ1v) is 6.12. The molecule has 2 heterocycles. The molecule has 4 nitrogen and oxygen atoms in total. The topological polar surface area (TPSA) is 62.2 Å². The summed E-state index contributed by atoms with van der Waals surface area (Å²) >= 11 is 0. The Hall–Kier alpha value is -1.94. The van der Waals surface area contributed by atoms with Gasteiger partial charge in [-0.05, 0) is 31.5 Å². The molecule has 18 heavy (non-hydrogen) atoms. The highest BCUT2D eigenvalue weighted by Crippen LogP contribution is 2.26. The molecule has 1 aliphatic rings. The molecule has 1 aromatic carbocycles. The Morgan fingerprint density at radius 3 is 2.94 bits per heavy atom. The molecule has 0 radical (unpaired) electrons. The van der Waals surface area contributed by atoms with E-state index in [1.54, 1.807) is 12.1 Å². The minimum Gasteiger partial charge on any atom is -0.478 e. The van der Waals surface area contributed by atoms with Gasteiger partial charge in [-0.15, -0.1) is 0 Å². The van der Waals surface area contributed by atoms with E-state index in [-0.39, 0.29) is 6.04 Å². The maximum atomic E-state index is 11.3. The lowest BCUT2D eigenvalue weighted by atomic mass is 10.0. The Bertz CT molecular complexity index is 604. The molecule has 4 heteroatoms.